The minimum absolute atomic E-state index is 0.117. The third-order valence-corrected chi connectivity index (χ3v) is 4.08. The minimum Gasteiger partial charge on any atom is -0.378 e. The largest absolute Gasteiger partial charge is 0.378 e. The first-order valence-electron chi connectivity index (χ1n) is 7.63. The Morgan fingerprint density at radius 1 is 1.04 bits per heavy atom. The van der Waals surface area contributed by atoms with Gasteiger partial charge in [-0.2, -0.15) is 0 Å². The number of hydrogen-bond donors (Lipinski definition) is 2. The first-order chi connectivity index (χ1) is 11.0. The van der Waals surface area contributed by atoms with Crippen LogP contribution >= 0.6 is 0 Å². The quantitative estimate of drug-likeness (QED) is 0.765. The van der Waals surface area contributed by atoms with Gasteiger partial charge < -0.3 is 15.2 Å². The Hall–Kier alpha value is -2.75. The van der Waals surface area contributed by atoms with Gasteiger partial charge in [0.25, 0.3) is 5.91 Å². The molecule has 0 atom stereocenters. The number of hydrogen-bond acceptors (Lipinski definition) is 2. The third kappa shape index (κ3) is 2.93. The predicted octanol–water partition coefficient (Wildman–Crippen LogP) is 4.10. The molecule has 1 aromatic heterocycles. The number of benzene rings is 2. The summed E-state index contributed by atoms with van der Waals surface area (Å²) in [5, 5.41) is 4.05. The van der Waals surface area contributed by atoms with Gasteiger partial charge in [0.1, 0.15) is 5.69 Å². The Kier molecular flexibility index (Phi) is 3.82. The zero-order valence-corrected chi connectivity index (χ0v) is 13.9. The monoisotopic (exact) mass is 307 g/mol. The smallest absolute Gasteiger partial charge is 0.272 e. The molecule has 2 N–H and O–H groups in total. The van der Waals surface area contributed by atoms with E-state index >= 15 is 0 Å². The number of carbonyl (C=O) groups is 1. The zero-order chi connectivity index (χ0) is 16.6. The lowest BCUT2D eigenvalue weighted by atomic mass is 10.1. The SMILES string of the molecule is Cc1ccc2[nH]c(C(=O)Nc3ccc(N(C)C)cc3)c(C)c2c1. The molecule has 1 heterocycles. The van der Waals surface area contributed by atoms with Crippen LogP contribution in [0.3, 0.4) is 0 Å². The highest BCUT2D eigenvalue weighted by atomic mass is 16.1. The fraction of sp³-hybridized carbons (Fsp3) is 0.211. The number of aromatic amines is 1. The van der Waals surface area contributed by atoms with Crippen LogP contribution in [0.15, 0.2) is 42.5 Å². The van der Waals surface area contributed by atoms with Crippen molar-refractivity contribution in [3.8, 4) is 0 Å². The fourth-order valence-electron chi connectivity index (χ4n) is 2.70. The van der Waals surface area contributed by atoms with Gasteiger partial charge in [-0.25, -0.2) is 0 Å². The van der Waals surface area contributed by atoms with Gasteiger partial charge >= 0.3 is 0 Å². The number of H-pyrrole nitrogens is 1. The average molecular weight is 307 g/mol. The van der Waals surface area contributed by atoms with Crippen LogP contribution in [0.5, 0.6) is 0 Å². The van der Waals surface area contributed by atoms with Crippen molar-refractivity contribution in [3.63, 3.8) is 0 Å². The van der Waals surface area contributed by atoms with Gasteiger partial charge in [0.15, 0.2) is 0 Å². The van der Waals surface area contributed by atoms with Crippen molar-refractivity contribution in [3.05, 3.63) is 59.3 Å². The Morgan fingerprint density at radius 3 is 2.39 bits per heavy atom. The fourth-order valence-corrected chi connectivity index (χ4v) is 2.70. The molecule has 118 valence electrons. The summed E-state index contributed by atoms with van der Waals surface area (Å²) in [7, 11) is 3.98. The van der Waals surface area contributed by atoms with E-state index < -0.39 is 0 Å². The van der Waals surface area contributed by atoms with Crippen LogP contribution in [0, 0.1) is 13.8 Å². The molecule has 0 saturated carbocycles. The van der Waals surface area contributed by atoms with Gasteiger partial charge in [-0.15, -0.1) is 0 Å². The van der Waals surface area contributed by atoms with Gasteiger partial charge in [-0.1, -0.05) is 11.6 Å². The highest BCUT2D eigenvalue weighted by molar-refractivity contribution is 6.07. The summed E-state index contributed by atoms with van der Waals surface area (Å²) in [5.74, 6) is -0.117. The maximum Gasteiger partial charge on any atom is 0.272 e. The van der Waals surface area contributed by atoms with Crippen molar-refractivity contribution in [2.75, 3.05) is 24.3 Å². The maximum atomic E-state index is 12.6. The second-order valence-corrected chi connectivity index (χ2v) is 6.07. The van der Waals surface area contributed by atoms with E-state index in [2.05, 4.69) is 23.3 Å². The topological polar surface area (TPSA) is 48.1 Å². The number of anilines is 2. The Labute approximate surface area is 136 Å². The predicted molar refractivity (Wildman–Crippen MR) is 96.5 cm³/mol. The number of nitrogens with one attached hydrogen (secondary N) is 2. The Morgan fingerprint density at radius 2 is 1.74 bits per heavy atom. The summed E-state index contributed by atoms with van der Waals surface area (Å²) < 4.78 is 0. The average Bonchev–Trinajstić information content (AvgIpc) is 2.85. The van der Waals surface area contributed by atoms with Crippen molar-refractivity contribution >= 4 is 28.2 Å². The summed E-state index contributed by atoms with van der Waals surface area (Å²) >= 11 is 0. The van der Waals surface area contributed by atoms with Crippen LogP contribution in [-0.2, 0) is 0 Å². The lowest BCUT2D eigenvalue weighted by molar-refractivity contribution is 0.102. The number of aromatic nitrogens is 1. The minimum atomic E-state index is -0.117. The molecule has 3 aromatic rings. The van der Waals surface area contributed by atoms with Crippen LogP contribution < -0.4 is 10.2 Å². The highest BCUT2D eigenvalue weighted by Crippen LogP contribution is 2.24. The summed E-state index contributed by atoms with van der Waals surface area (Å²) in [4.78, 5) is 17.8. The second kappa shape index (κ2) is 5.80. The molecular weight excluding hydrogens is 286 g/mol. The van der Waals surface area contributed by atoms with Gasteiger partial charge in [-0.05, 0) is 55.8 Å². The highest BCUT2D eigenvalue weighted by Gasteiger charge is 2.15. The zero-order valence-electron chi connectivity index (χ0n) is 13.9. The van der Waals surface area contributed by atoms with Crippen LogP contribution in [0.4, 0.5) is 11.4 Å². The molecule has 23 heavy (non-hydrogen) atoms. The van der Waals surface area contributed by atoms with E-state index in [0.29, 0.717) is 5.69 Å². The Balaban J connectivity index is 1.87. The summed E-state index contributed by atoms with van der Waals surface area (Å²) in [5.41, 5.74) is 5.65. The van der Waals surface area contributed by atoms with Crippen molar-refractivity contribution in [1.82, 2.24) is 4.98 Å². The van der Waals surface area contributed by atoms with E-state index in [1.165, 1.54) is 5.56 Å². The van der Waals surface area contributed by atoms with Crippen LogP contribution in [0.25, 0.3) is 10.9 Å². The number of nitrogens with zero attached hydrogens (tertiary/aromatic N) is 1. The first kappa shape index (κ1) is 15.2. The summed E-state index contributed by atoms with van der Waals surface area (Å²) in [6.07, 6.45) is 0. The molecule has 0 unspecified atom stereocenters. The lowest BCUT2D eigenvalue weighted by Gasteiger charge is -2.13. The maximum absolute atomic E-state index is 12.6. The first-order valence-corrected chi connectivity index (χ1v) is 7.63. The molecule has 4 heteroatoms. The van der Waals surface area contributed by atoms with Crippen LogP contribution in [0.1, 0.15) is 21.6 Å². The number of rotatable bonds is 3. The van der Waals surface area contributed by atoms with Gasteiger partial charge in [-0.3, -0.25) is 4.79 Å². The lowest BCUT2D eigenvalue weighted by Crippen LogP contribution is -2.14. The van der Waals surface area contributed by atoms with Crippen LogP contribution in [0.2, 0.25) is 0 Å². The molecule has 0 aliphatic heterocycles. The summed E-state index contributed by atoms with van der Waals surface area (Å²) in [6, 6.07) is 13.9. The molecule has 0 saturated heterocycles. The molecule has 3 rings (SSSR count). The number of fused-ring (bicyclic) bond motifs is 1. The summed E-state index contributed by atoms with van der Waals surface area (Å²) in [6.45, 7) is 4.03. The number of aryl methyl sites for hydroxylation is 2. The van der Waals surface area contributed by atoms with Gasteiger partial charge in [0.05, 0.1) is 0 Å². The van der Waals surface area contributed by atoms with Crippen molar-refractivity contribution in [2.24, 2.45) is 0 Å². The van der Waals surface area contributed by atoms with E-state index in [4.69, 9.17) is 0 Å². The van der Waals surface area contributed by atoms with Crippen LogP contribution in [-0.4, -0.2) is 25.0 Å². The molecule has 0 radical (unpaired) electrons. The molecule has 0 aliphatic rings. The molecule has 0 bridgehead atoms. The van der Waals surface area contributed by atoms with E-state index in [9.17, 15) is 4.79 Å². The Bertz CT molecular complexity index is 860. The molecule has 1 amide bonds. The van der Waals surface area contributed by atoms with Gasteiger partial charge in [0, 0.05) is 36.4 Å². The normalized spacial score (nSPS) is 10.8. The molecule has 0 spiro atoms. The van der Waals surface area contributed by atoms with E-state index in [0.717, 1.165) is 27.8 Å². The molecule has 2 aromatic carbocycles. The number of carbonyl (C=O) groups excluding carboxylic acids is 1. The van der Waals surface area contributed by atoms with E-state index in [-0.39, 0.29) is 5.91 Å². The molecule has 0 aliphatic carbocycles. The van der Waals surface area contributed by atoms with E-state index in [1.54, 1.807) is 0 Å². The van der Waals surface area contributed by atoms with Crippen molar-refractivity contribution < 1.29 is 4.79 Å². The van der Waals surface area contributed by atoms with Crippen molar-refractivity contribution in [2.45, 2.75) is 13.8 Å². The second-order valence-electron chi connectivity index (χ2n) is 6.07. The molecule has 4 nitrogen and oxygen atoms in total. The van der Waals surface area contributed by atoms with E-state index in [1.807, 2.05) is 62.3 Å². The molecular formula is C19H21N3O. The third-order valence-electron chi connectivity index (χ3n) is 4.08. The standard InChI is InChI=1S/C19H21N3O/c1-12-5-10-17-16(11-12)13(2)18(21-17)19(23)20-14-6-8-15(9-7-14)22(3)4/h5-11,21H,1-4H3,(H,20,23). The van der Waals surface area contributed by atoms with Crippen molar-refractivity contribution in [1.29, 1.82) is 0 Å². The number of amides is 1. The molecule has 0 fully saturated rings. The van der Waals surface area contributed by atoms with Gasteiger partial charge in [0.2, 0.25) is 0 Å².